The van der Waals surface area contributed by atoms with Crippen molar-refractivity contribution >= 4 is 12.4 Å². The molecule has 0 radical (unpaired) electrons. The number of methoxy groups -OCH3 is 4. The fourth-order valence-electron chi connectivity index (χ4n) is 2.56. The van der Waals surface area contributed by atoms with Gasteiger partial charge in [0.25, 0.3) is 0 Å². The molecule has 0 saturated heterocycles. The molecule has 26 heavy (non-hydrogen) atoms. The number of hydrogen-bond donors (Lipinski definition) is 0. The van der Waals surface area contributed by atoms with Crippen molar-refractivity contribution in [2.24, 2.45) is 10.2 Å². The lowest BCUT2D eigenvalue weighted by atomic mass is 10.1. The summed E-state index contributed by atoms with van der Waals surface area (Å²) in [6.45, 7) is 0. The van der Waals surface area contributed by atoms with Crippen molar-refractivity contribution in [1.29, 1.82) is 0 Å². The van der Waals surface area contributed by atoms with Crippen LogP contribution in [0.25, 0.3) is 0 Å². The monoisotopic (exact) mass is 356 g/mol. The van der Waals surface area contributed by atoms with Crippen LogP contribution in [0.2, 0.25) is 0 Å². The van der Waals surface area contributed by atoms with Gasteiger partial charge in [-0.25, -0.2) is 0 Å². The second kappa shape index (κ2) is 9.35. The molecule has 0 aliphatic heterocycles. The molecular weight excluding hydrogens is 332 g/mol. The van der Waals surface area contributed by atoms with Gasteiger partial charge in [0.15, 0.2) is 0 Å². The first-order valence-corrected chi connectivity index (χ1v) is 8.06. The first-order valence-electron chi connectivity index (χ1n) is 8.06. The van der Waals surface area contributed by atoms with Crippen molar-refractivity contribution in [1.82, 2.24) is 0 Å². The Morgan fingerprint density at radius 2 is 0.885 bits per heavy atom. The standard InChI is InChI=1S/C20H24N2O4/c1-23-19(24-2,17-11-7-5-8-12-17)15-21-22-16-20(25-3,26-4)18-13-9-6-10-14-18/h5-16H,1-4H3/b21-15+,22-16+. The van der Waals surface area contributed by atoms with Crippen LogP contribution in [-0.4, -0.2) is 40.9 Å². The van der Waals surface area contributed by atoms with Gasteiger partial charge in [0, 0.05) is 39.6 Å². The smallest absolute Gasteiger partial charge is 0.234 e. The first-order chi connectivity index (χ1) is 12.7. The predicted molar refractivity (Wildman–Crippen MR) is 101 cm³/mol. The molecule has 0 aliphatic rings. The maximum atomic E-state index is 5.53. The average Bonchev–Trinajstić information content (AvgIpc) is 2.73. The van der Waals surface area contributed by atoms with Crippen LogP contribution in [0.4, 0.5) is 0 Å². The molecule has 0 atom stereocenters. The second-order valence-corrected chi connectivity index (χ2v) is 5.37. The summed E-state index contributed by atoms with van der Waals surface area (Å²) < 4.78 is 22.1. The van der Waals surface area contributed by atoms with E-state index in [1.807, 2.05) is 60.7 Å². The Morgan fingerprint density at radius 3 is 1.15 bits per heavy atom. The number of benzene rings is 2. The minimum Gasteiger partial charge on any atom is -0.345 e. The number of rotatable bonds is 9. The number of hydrogen-bond acceptors (Lipinski definition) is 6. The lowest BCUT2D eigenvalue weighted by Gasteiger charge is -2.27. The number of nitrogens with zero attached hydrogens (tertiary/aromatic N) is 2. The van der Waals surface area contributed by atoms with E-state index in [4.69, 9.17) is 18.9 Å². The van der Waals surface area contributed by atoms with Crippen LogP contribution < -0.4 is 0 Å². The van der Waals surface area contributed by atoms with E-state index in [9.17, 15) is 0 Å². The van der Waals surface area contributed by atoms with Crippen LogP contribution in [0.1, 0.15) is 11.1 Å². The third-order valence-electron chi connectivity index (χ3n) is 4.09. The topological polar surface area (TPSA) is 61.6 Å². The lowest BCUT2D eigenvalue weighted by Crippen LogP contribution is -2.33. The Hall–Kier alpha value is -2.38. The van der Waals surface area contributed by atoms with Crippen LogP contribution in [0.15, 0.2) is 70.9 Å². The molecule has 2 aromatic rings. The van der Waals surface area contributed by atoms with Crippen LogP contribution >= 0.6 is 0 Å². The largest absolute Gasteiger partial charge is 0.345 e. The molecule has 2 aromatic carbocycles. The van der Waals surface area contributed by atoms with E-state index in [0.717, 1.165) is 11.1 Å². The van der Waals surface area contributed by atoms with Gasteiger partial charge in [-0.15, -0.1) is 0 Å². The lowest BCUT2D eigenvalue weighted by molar-refractivity contribution is -0.158. The second-order valence-electron chi connectivity index (χ2n) is 5.37. The van der Waals surface area contributed by atoms with Crippen molar-refractivity contribution in [2.75, 3.05) is 28.4 Å². The van der Waals surface area contributed by atoms with Crippen LogP contribution in [-0.2, 0) is 30.5 Å². The highest BCUT2D eigenvalue weighted by Crippen LogP contribution is 2.25. The summed E-state index contributed by atoms with van der Waals surface area (Å²) in [6.07, 6.45) is 2.97. The summed E-state index contributed by atoms with van der Waals surface area (Å²) in [4.78, 5) is 0. The van der Waals surface area contributed by atoms with Gasteiger partial charge in [-0.05, 0) is 0 Å². The van der Waals surface area contributed by atoms with Gasteiger partial charge in [-0.3, -0.25) is 0 Å². The SMILES string of the molecule is COC(/C=N/N=C/C(OC)(OC)c1ccccc1)(OC)c1ccccc1. The summed E-state index contributed by atoms with van der Waals surface area (Å²) in [7, 11) is 6.19. The minimum atomic E-state index is -1.13. The van der Waals surface area contributed by atoms with Gasteiger partial charge < -0.3 is 18.9 Å². The van der Waals surface area contributed by atoms with Gasteiger partial charge in [0.2, 0.25) is 11.6 Å². The number of ether oxygens (including phenoxy) is 4. The van der Waals surface area contributed by atoms with Gasteiger partial charge in [0.1, 0.15) is 0 Å². The molecule has 6 nitrogen and oxygen atoms in total. The summed E-state index contributed by atoms with van der Waals surface area (Å²) in [6, 6.07) is 19.0. The van der Waals surface area contributed by atoms with Gasteiger partial charge in [-0.1, -0.05) is 60.7 Å². The minimum absolute atomic E-state index is 0.803. The van der Waals surface area contributed by atoms with E-state index in [1.165, 1.54) is 12.4 Å². The zero-order valence-electron chi connectivity index (χ0n) is 15.5. The zero-order valence-corrected chi connectivity index (χ0v) is 15.5. The molecule has 0 aliphatic carbocycles. The van der Waals surface area contributed by atoms with Crippen molar-refractivity contribution < 1.29 is 18.9 Å². The molecule has 0 N–H and O–H groups in total. The maximum Gasteiger partial charge on any atom is 0.234 e. The third kappa shape index (κ3) is 4.23. The predicted octanol–water partition coefficient (Wildman–Crippen LogP) is 3.33. The first kappa shape index (κ1) is 19.9. The third-order valence-corrected chi connectivity index (χ3v) is 4.09. The van der Waals surface area contributed by atoms with Crippen molar-refractivity contribution in [3.8, 4) is 0 Å². The molecule has 138 valence electrons. The Bertz CT molecular complexity index is 646. The summed E-state index contributed by atoms with van der Waals surface area (Å²) >= 11 is 0. The molecule has 0 aromatic heterocycles. The molecule has 0 fully saturated rings. The van der Waals surface area contributed by atoms with Gasteiger partial charge >= 0.3 is 0 Å². The molecular formula is C20H24N2O4. The van der Waals surface area contributed by atoms with Crippen LogP contribution in [0, 0.1) is 0 Å². The molecule has 0 heterocycles. The normalized spacial score (nSPS) is 12.9. The Morgan fingerprint density at radius 1 is 0.577 bits per heavy atom. The van der Waals surface area contributed by atoms with Crippen molar-refractivity contribution in [2.45, 2.75) is 11.6 Å². The van der Waals surface area contributed by atoms with E-state index in [2.05, 4.69) is 10.2 Å². The molecule has 0 saturated carbocycles. The highest BCUT2D eigenvalue weighted by molar-refractivity contribution is 5.73. The van der Waals surface area contributed by atoms with Crippen molar-refractivity contribution in [3.05, 3.63) is 71.8 Å². The Balaban J connectivity index is 2.28. The highest BCUT2D eigenvalue weighted by atomic mass is 16.7. The fourth-order valence-corrected chi connectivity index (χ4v) is 2.56. The van der Waals surface area contributed by atoms with Crippen molar-refractivity contribution in [3.63, 3.8) is 0 Å². The molecule has 6 heteroatoms. The Kier molecular flexibility index (Phi) is 7.17. The molecule has 0 spiro atoms. The maximum absolute atomic E-state index is 5.53. The summed E-state index contributed by atoms with van der Waals surface area (Å²) in [5.41, 5.74) is 1.61. The Labute approximate surface area is 154 Å². The van der Waals surface area contributed by atoms with Crippen LogP contribution in [0.5, 0.6) is 0 Å². The highest BCUT2D eigenvalue weighted by Gasteiger charge is 2.31. The quantitative estimate of drug-likeness (QED) is 0.393. The fraction of sp³-hybridized carbons (Fsp3) is 0.300. The average molecular weight is 356 g/mol. The molecule has 0 unspecified atom stereocenters. The molecule has 0 bridgehead atoms. The van der Waals surface area contributed by atoms with E-state index in [1.54, 1.807) is 28.4 Å². The summed E-state index contributed by atoms with van der Waals surface area (Å²) in [5.74, 6) is -2.26. The molecule has 0 amide bonds. The van der Waals surface area contributed by atoms with Gasteiger partial charge in [0.05, 0.1) is 12.4 Å². The van der Waals surface area contributed by atoms with E-state index < -0.39 is 11.6 Å². The van der Waals surface area contributed by atoms with Gasteiger partial charge in [-0.2, -0.15) is 10.2 Å². The summed E-state index contributed by atoms with van der Waals surface area (Å²) in [5, 5.41) is 8.21. The molecule has 2 rings (SSSR count). The van der Waals surface area contributed by atoms with E-state index >= 15 is 0 Å². The van der Waals surface area contributed by atoms with Crippen LogP contribution in [0.3, 0.4) is 0 Å². The zero-order chi connectivity index (χ0) is 18.9. The van der Waals surface area contributed by atoms with E-state index in [0.29, 0.717) is 0 Å². The van der Waals surface area contributed by atoms with E-state index in [-0.39, 0.29) is 0 Å².